The fourth-order valence-corrected chi connectivity index (χ4v) is 2.70. The van der Waals surface area contributed by atoms with E-state index >= 15 is 0 Å². The van der Waals surface area contributed by atoms with Gasteiger partial charge in [-0.15, -0.1) is 0 Å². The van der Waals surface area contributed by atoms with Crippen molar-refractivity contribution in [1.29, 1.82) is 0 Å². The minimum Gasteiger partial charge on any atom is -0.378 e. The van der Waals surface area contributed by atoms with E-state index in [0.717, 1.165) is 18.6 Å². The summed E-state index contributed by atoms with van der Waals surface area (Å²) in [7, 11) is 0. The average molecular weight is 183 g/mol. The maximum atomic E-state index is 5.71. The van der Waals surface area contributed by atoms with Gasteiger partial charge in [0.1, 0.15) is 0 Å². The van der Waals surface area contributed by atoms with Gasteiger partial charge in [-0.2, -0.15) is 0 Å². The van der Waals surface area contributed by atoms with Crippen molar-refractivity contribution in [3.05, 3.63) is 0 Å². The number of nitrogens with zero attached hydrogens (tertiary/aromatic N) is 1. The first-order valence-corrected chi connectivity index (χ1v) is 5.63. The normalized spacial score (nSPS) is 34.4. The Balaban J connectivity index is 1.80. The van der Waals surface area contributed by atoms with Gasteiger partial charge in [-0.3, -0.25) is 0 Å². The van der Waals surface area contributed by atoms with E-state index < -0.39 is 0 Å². The zero-order valence-electron chi connectivity index (χ0n) is 8.83. The molecule has 0 spiro atoms. The molecule has 2 heteroatoms. The summed E-state index contributed by atoms with van der Waals surface area (Å²) >= 11 is 0. The third kappa shape index (κ3) is 2.05. The quantitative estimate of drug-likeness (QED) is 0.662. The van der Waals surface area contributed by atoms with Gasteiger partial charge in [-0.25, -0.2) is 0 Å². The first-order valence-electron chi connectivity index (χ1n) is 5.63. The van der Waals surface area contributed by atoms with Crippen molar-refractivity contribution in [1.82, 2.24) is 4.90 Å². The van der Waals surface area contributed by atoms with Gasteiger partial charge in [0.2, 0.25) is 0 Å². The smallest absolute Gasteiger partial charge is 0.0519 e. The molecular formula is C11H21NO. The van der Waals surface area contributed by atoms with Gasteiger partial charge in [-0.1, -0.05) is 0 Å². The first kappa shape index (κ1) is 9.47. The summed E-state index contributed by atoms with van der Waals surface area (Å²) in [5.41, 5.74) is 0. The molecule has 0 aromatic rings. The number of fused-ring (bicyclic) bond motifs is 1. The van der Waals surface area contributed by atoms with Crippen LogP contribution in [0.4, 0.5) is 0 Å². The van der Waals surface area contributed by atoms with Gasteiger partial charge >= 0.3 is 0 Å². The predicted octanol–water partition coefficient (Wildman–Crippen LogP) is 1.90. The van der Waals surface area contributed by atoms with E-state index in [2.05, 4.69) is 18.7 Å². The highest BCUT2D eigenvalue weighted by atomic mass is 16.5. The number of rotatable bonds is 3. The largest absolute Gasteiger partial charge is 0.378 e. The van der Waals surface area contributed by atoms with Gasteiger partial charge in [0.25, 0.3) is 0 Å². The summed E-state index contributed by atoms with van der Waals surface area (Å²) in [4.78, 5) is 2.65. The van der Waals surface area contributed by atoms with Crippen LogP contribution >= 0.6 is 0 Å². The second-order valence-corrected chi connectivity index (χ2v) is 4.68. The minimum absolute atomic E-state index is 0.399. The lowest BCUT2D eigenvalue weighted by molar-refractivity contribution is 0.0440. The molecule has 0 aromatic heterocycles. The van der Waals surface area contributed by atoms with E-state index in [4.69, 9.17) is 4.74 Å². The maximum absolute atomic E-state index is 5.71. The Morgan fingerprint density at radius 1 is 1.31 bits per heavy atom. The van der Waals surface area contributed by atoms with E-state index in [-0.39, 0.29) is 0 Å². The number of hydrogen-bond donors (Lipinski definition) is 0. The molecule has 0 N–H and O–H groups in total. The minimum atomic E-state index is 0.399. The molecular weight excluding hydrogens is 162 g/mol. The predicted molar refractivity (Wildman–Crippen MR) is 53.8 cm³/mol. The lowest BCUT2D eigenvalue weighted by Crippen LogP contribution is -2.28. The summed E-state index contributed by atoms with van der Waals surface area (Å²) in [6, 6.07) is 0.860. The average Bonchev–Trinajstić information content (AvgIpc) is 2.60. The fraction of sp³-hybridized carbons (Fsp3) is 1.00. The van der Waals surface area contributed by atoms with Crippen LogP contribution in [0.5, 0.6) is 0 Å². The van der Waals surface area contributed by atoms with Crippen LogP contribution in [0.15, 0.2) is 0 Å². The van der Waals surface area contributed by atoms with Crippen molar-refractivity contribution < 1.29 is 4.74 Å². The van der Waals surface area contributed by atoms with Crippen molar-refractivity contribution >= 4 is 0 Å². The van der Waals surface area contributed by atoms with Gasteiger partial charge in [-0.05, 0) is 52.1 Å². The summed E-state index contributed by atoms with van der Waals surface area (Å²) in [6.45, 7) is 7.89. The zero-order chi connectivity index (χ0) is 9.26. The van der Waals surface area contributed by atoms with Crippen LogP contribution in [0.3, 0.4) is 0 Å². The van der Waals surface area contributed by atoms with E-state index in [1.54, 1.807) is 0 Å². The van der Waals surface area contributed by atoms with Gasteiger partial charge < -0.3 is 9.64 Å². The Kier molecular flexibility index (Phi) is 2.89. The molecule has 0 aromatic carbocycles. The molecule has 0 bridgehead atoms. The maximum Gasteiger partial charge on any atom is 0.0519 e. The summed E-state index contributed by atoms with van der Waals surface area (Å²) in [5, 5.41) is 0. The molecule has 0 aliphatic carbocycles. The van der Waals surface area contributed by atoms with Gasteiger partial charge in [0, 0.05) is 6.04 Å². The van der Waals surface area contributed by atoms with Gasteiger partial charge in [0.15, 0.2) is 0 Å². The van der Waals surface area contributed by atoms with Gasteiger partial charge in [0.05, 0.1) is 12.7 Å². The van der Waals surface area contributed by atoms with Crippen LogP contribution in [-0.2, 0) is 4.74 Å². The molecule has 2 nitrogen and oxygen atoms in total. The van der Waals surface area contributed by atoms with Crippen LogP contribution in [0.2, 0.25) is 0 Å². The third-order valence-electron chi connectivity index (χ3n) is 3.39. The van der Waals surface area contributed by atoms with Crippen LogP contribution in [-0.4, -0.2) is 36.7 Å². The molecule has 76 valence electrons. The standard InChI is InChI=1S/C11H21NO/c1-9(2)13-8-10-5-7-12-6-3-4-11(10)12/h9-11H,3-8H2,1-2H3. The van der Waals surface area contributed by atoms with Crippen molar-refractivity contribution in [2.45, 2.75) is 45.3 Å². The monoisotopic (exact) mass is 183 g/mol. The van der Waals surface area contributed by atoms with E-state index in [0.29, 0.717) is 6.10 Å². The first-order chi connectivity index (χ1) is 6.27. The Bertz CT molecular complexity index is 169. The molecule has 2 aliphatic heterocycles. The Hall–Kier alpha value is -0.0800. The van der Waals surface area contributed by atoms with Crippen molar-refractivity contribution in [3.8, 4) is 0 Å². The molecule has 2 heterocycles. The Morgan fingerprint density at radius 3 is 2.92 bits per heavy atom. The SMILES string of the molecule is CC(C)OCC1CCN2CCCC12. The molecule has 13 heavy (non-hydrogen) atoms. The van der Waals surface area contributed by atoms with Crippen molar-refractivity contribution in [2.24, 2.45) is 5.92 Å². The molecule has 2 rings (SSSR count). The number of ether oxygens (including phenoxy) is 1. The van der Waals surface area contributed by atoms with Crippen LogP contribution in [0, 0.1) is 5.92 Å². The Morgan fingerprint density at radius 2 is 2.15 bits per heavy atom. The van der Waals surface area contributed by atoms with Crippen molar-refractivity contribution in [2.75, 3.05) is 19.7 Å². The highest BCUT2D eigenvalue weighted by Gasteiger charge is 2.36. The Labute approximate surface area is 81.3 Å². The molecule has 2 atom stereocenters. The van der Waals surface area contributed by atoms with Crippen LogP contribution in [0.25, 0.3) is 0 Å². The third-order valence-corrected chi connectivity index (χ3v) is 3.39. The summed E-state index contributed by atoms with van der Waals surface area (Å²) < 4.78 is 5.71. The molecule has 2 unspecified atom stereocenters. The molecule has 2 saturated heterocycles. The highest BCUT2D eigenvalue weighted by Crippen LogP contribution is 2.32. The zero-order valence-corrected chi connectivity index (χ0v) is 8.83. The van der Waals surface area contributed by atoms with Crippen molar-refractivity contribution in [3.63, 3.8) is 0 Å². The van der Waals surface area contributed by atoms with Crippen LogP contribution < -0.4 is 0 Å². The van der Waals surface area contributed by atoms with E-state index in [9.17, 15) is 0 Å². The van der Waals surface area contributed by atoms with Crippen LogP contribution in [0.1, 0.15) is 33.1 Å². The second kappa shape index (κ2) is 3.97. The second-order valence-electron chi connectivity index (χ2n) is 4.68. The molecule has 0 amide bonds. The van der Waals surface area contributed by atoms with E-state index in [1.165, 1.54) is 32.4 Å². The highest BCUT2D eigenvalue weighted by molar-refractivity contribution is 4.91. The summed E-state index contributed by atoms with van der Waals surface area (Å²) in [6.07, 6.45) is 4.57. The molecule has 0 saturated carbocycles. The number of hydrogen-bond acceptors (Lipinski definition) is 2. The van der Waals surface area contributed by atoms with E-state index in [1.807, 2.05) is 0 Å². The summed E-state index contributed by atoms with van der Waals surface area (Å²) in [5.74, 6) is 0.824. The molecule has 2 fully saturated rings. The fourth-order valence-electron chi connectivity index (χ4n) is 2.70. The lowest BCUT2D eigenvalue weighted by Gasteiger charge is -2.20. The molecule has 0 radical (unpaired) electrons. The molecule has 2 aliphatic rings. The lowest BCUT2D eigenvalue weighted by atomic mass is 9.99. The topological polar surface area (TPSA) is 12.5 Å².